The highest BCUT2D eigenvalue weighted by Gasteiger charge is 2.55. The van der Waals surface area contributed by atoms with Gasteiger partial charge in [-0.15, -0.1) is 0 Å². The zero-order chi connectivity index (χ0) is 31.2. The van der Waals surface area contributed by atoms with Gasteiger partial charge in [-0.3, -0.25) is 13.9 Å². The quantitative estimate of drug-likeness (QED) is 0.234. The van der Waals surface area contributed by atoms with Crippen molar-refractivity contribution in [3.63, 3.8) is 0 Å². The standard InChI is InChI=1S/C34H36Cl2N2O5S/c1-34(20-31(39)40)19-29(24-6-5-7-26(36)18-24)32(23-12-14-25(35)15-13-23)38(33(34)41)30(22-10-11-22)21-37(27-8-3-2-4-9-27)44(42,43)28-16-17-28/h2-9,12-15,18,22,28-30,32H,10-11,16-17,19-21H2,1H3,(H,39,40)/t29-,30-,32?,34-/m1/s1. The van der Waals surface area contributed by atoms with E-state index in [9.17, 15) is 23.1 Å². The number of likely N-dealkylation sites (tertiary alicyclic amines) is 1. The third-order valence-corrected chi connectivity index (χ3v) is 12.1. The van der Waals surface area contributed by atoms with Gasteiger partial charge in [-0.05, 0) is 85.5 Å². The molecule has 1 heterocycles. The summed E-state index contributed by atoms with van der Waals surface area (Å²) < 4.78 is 29.4. The Balaban J connectivity index is 1.52. The molecule has 3 fully saturated rings. The number of nitrogens with zero attached hydrogens (tertiary/aromatic N) is 2. The molecule has 0 bridgehead atoms. The number of anilines is 1. The number of para-hydroxylation sites is 1. The lowest BCUT2D eigenvalue weighted by Crippen LogP contribution is -2.59. The van der Waals surface area contributed by atoms with Gasteiger partial charge in [0.25, 0.3) is 0 Å². The van der Waals surface area contributed by atoms with Crippen LogP contribution in [0.2, 0.25) is 10.0 Å². The van der Waals surface area contributed by atoms with Crippen LogP contribution in [0.3, 0.4) is 0 Å². The number of hydrogen-bond acceptors (Lipinski definition) is 4. The molecule has 232 valence electrons. The van der Waals surface area contributed by atoms with Gasteiger partial charge in [0, 0.05) is 16.0 Å². The van der Waals surface area contributed by atoms with Crippen LogP contribution in [0.25, 0.3) is 0 Å². The summed E-state index contributed by atoms with van der Waals surface area (Å²) in [4.78, 5) is 28.9. The second-order valence-corrected chi connectivity index (χ2v) is 15.7. The molecule has 1 amide bonds. The van der Waals surface area contributed by atoms with E-state index in [-0.39, 0.29) is 30.7 Å². The van der Waals surface area contributed by atoms with Gasteiger partial charge in [-0.1, -0.05) is 72.6 Å². The average molecular weight is 656 g/mol. The summed E-state index contributed by atoms with van der Waals surface area (Å²) in [6.07, 6.45) is 2.89. The molecule has 1 saturated heterocycles. The molecule has 3 aliphatic rings. The number of hydrogen-bond donors (Lipinski definition) is 1. The van der Waals surface area contributed by atoms with E-state index in [1.165, 1.54) is 4.31 Å². The van der Waals surface area contributed by atoms with E-state index in [2.05, 4.69) is 0 Å². The Morgan fingerprint density at radius 2 is 1.64 bits per heavy atom. The van der Waals surface area contributed by atoms with Crippen molar-refractivity contribution in [3.8, 4) is 0 Å². The fraction of sp³-hybridized carbons (Fsp3) is 0.412. The van der Waals surface area contributed by atoms with Gasteiger partial charge in [0.2, 0.25) is 15.9 Å². The second-order valence-electron chi connectivity index (χ2n) is 12.7. The molecular formula is C34H36Cl2N2O5S. The summed E-state index contributed by atoms with van der Waals surface area (Å²) in [7, 11) is -3.68. The molecule has 0 aromatic heterocycles. The maximum Gasteiger partial charge on any atom is 0.304 e. The molecule has 4 atom stereocenters. The molecule has 10 heteroatoms. The Kier molecular flexibility index (Phi) is 8.46. The lowest BCUT2D eigenvalue weighted by atomic mass is 9.67. The number of aliphatic carboxylic acids is 1. The molecule has 1 aliphatic heterocycles. The largest absolute Gasteiger partial charge is 0.481 e. The number of carboxylic acids is 1. The molecule has 44 heavy (non-hydrogen) atoms. The van der Waals surface area contributed by atoms with Crippen LogP contribution < -0.4 is 4.31 Å². The van der Waals surface area contributed by atoms with Gasteiger partial charge < -0.3 is 10.0 Å². The normalized spacial score (nSPS) is 24.6. The topological polar surface area (TPSA) is 95.0 Å². The predicted molar refractivity (Wildman–Crippen MR) is 172 cm³/mol. The first-order valence-electron chi connectivity index (χ1n) is 15.1. The minimum Gasteiger partial charge on any atom is -0.481 e. The van der Waals surface area contributed by atoms with Crippen LogP contribution in [0, 0.1) is 11.3 Å². The van der Waals surface area contributed by atoms with Crippen molar-refractivity contribution >= 4 is 50.8 Å². The maximum absolute atomic E-state index is 14.8. The van der Waals surface area contributed by atoms with Gasteiger partial charge >= 0.3 is 5.97 Å². The third-order valence-electron chi connectivity index (χ3n) is 9.31. The van der Waals surface area contributed by atoms with Crippen LogP contribution in [0.4, 0.5) is 5.69 Å². The van der Waals surface area contributed by atoms with E-state index in [0.29, 0.717) is 35.0 Å². The van der Waals surface area contributed by atoms with Crippen LogP contribution >= 0.6 is 23.2 Å². The van der Waals surface area contributed by atoms with Crippen molar-refractivity contribution in [2.24, 2.45) is 11.3 Å². The average Bonchev–Trinajstić information content (AvgIpc) is 3.89. The van der Waals surface area contributed by atoms with E-state index in [4.69, 9.17) is 23.2 Å². The Bertz CT molecular complexity index is 1640. The number of rotatable bonds is 11. The van der Waals surface area contributed by atoms with Crippen LogP contribution in [0.1, 0.15) is 68.5 Å². The van der Waals surface area contributed by atoms with Gasteiger partial charge in [0.05, 0.1) is 41.4 Å². The van der Waals surface area contributed by atoms with E-state index in [1.54, 1.807) is 37.3 Å². The van der Waals surface area contributed by atoms with Gasteiger partial charge in [0.15, 0.2) is 0 Å². The predicted octanol–water partition coefficient (Wildman–Crippen LogP) is 7.31. The van der Waals surface area contributed by atoms with Crippen LogP contribution in [0.15, 0.2) is 78.9 Å². The summed E-state index contributed by atoms with van der Waals surface area (Å²) in [5.74, 6) is -1.56. The highest BCUT2D eigenvalue weighted by Crippen LogP contribution is 2.54. The van der Waals surface area contributed by atoms with Gasteiger partial charge in [-0.25, -0.2) is 8.42 Å². The number of carbonyl (C=O) groups excluding carboxylic acids is 1. The van der Waals surface area contributed by atoms with Crippen molar-refractivity contribution in [1.82, 2.24) is 4.90 Å². The number of carboxylic acid groups (broad SMARTS) is 1. The zero-order valence-electron chi connectivity index (χ0n) is 24.5. The van der Waals surface area contributed by atoms with E-state index in [1.807, 2.05) is 53.4 Å². The van der Waals surface area contributed by atoms with Crippen molar-refractivity contribution in [3.05, 3.63) is 100 Å². The Hall–Kier alpha value is -3.07. The summed E-state index contributed by atoms with van der Waals surface area (Å²) in [6.45, 7) is 1.82. The molecule has 1 unspecified atom stereocenters. The fourth-order valence-electron chi connectivity index (χ4n) is 6.86. The summed E-state index contributed by atoms with van der Waals surface area (Å²) in [5, 5.41) is 10.6. The minimum absolute atomic E-state index is 0.0709. The summed E-state index contributed by atoms with van der Waals surface area (Å²) >= 11 is 12.8. The Morgan fingerprint density at radius 3 is 2.23 bits per heavy atom. The summed E-state index contributed by atoms with van der Waals surface area (Å²) in [5.41, 5.74) is 1.10. The first-order chi connectivity index (χ1) is 21.0. The SMILES string of the molecule is C[C@]1(CC(=O)O)C[C@H](c2cccc(Cl)c2)C(c2ccc(Cl)cc2)N([C@H](CN(c2ccccc2)S(=O)(=O)C2CC2)C2CC2)C1=O. The van der Waals surface area contributed by atoms with Crippen LogP contribution in [0.5, 0.6) is 0 Å². The molecule has 6 rings (SSSR count). The molecule has 3 aromatic rings. The molecule has 2 saturated carbocycles. The molecule has 0 radical (unpaired) electrons. The first kappa shape index (κ1) is 30.9. The van der Waals surface area contributed by atoms with Gasteiger partial charge in [0.1, 0.15) is 0 Å². The highest BCUT2D eigenvalue weighted by atomic mass is 35.5. The zero-order valence-corrected chi connectivity index (χ0v) is 26.8. The monoisotopic (exact) mass is 654 g/mol. The lowest BCUT2D eigenvalue weighted by molar-refractivity contribution is -0.160. The molecule has 7 nitrogen and oxygen atoms in total. The summed E-state index contributed by atoms with van der Waals surface area (Å²) in [6, 6.07) is 23.0. The first-order valence-corrected chi connectivity index (χ1v) is 17.4. The van der Waals surface area contributed by atoms with Crippen LogP contribution in [-0.4, -0.2) is 48.1 Å². The Morgan fingerprint density at radius 1 is 0.955 bits per heavy atom. The highest BCUT2D eigenvalue weighted by molar-refractivity contribution is 7.93. The fourth-order valence-corrected chi connectivity index (χ4v) is 9.05. The number of benzene rings is 3. The molecule has 3 aromatic carbocycles. The minimum atomic E-state index is -3.68. The van der Waals surface area contributed by atoms with Crippen molar-refractivity contribution in [2.75, 3.05) is 10.8 Å². The van der Waals surface area contributed by atoms with Crippen LogP contribution in [-0.2, 0) is 19.6 Å². The number of amides is 1. The van der Waals surface area contributed by atoms with Crippen molar-refractivity contribution < 1.29 is 23.1 Å². The van der Waals surface area contributed by atoms with E-state index < -0.39 is 38.7 Å². The maximum atomic E-state index is 14.8. The van der Waals surface area contributed by atoms with Crippen molar-refractivity contribution in [2.45, 2.75) is 68.7 Å². The van der Waals surface area contributed by atoms with E-state index >= 15 is 0 Å². The number of halogens is 2. The second kappa shape index (κ2) is 12.0. The van der Waals surface area contributed by atoms with Crippen molar-refractivity contribution in [1.29, 1.82) is 0 Å². The van der Waals surface area contributed by atoms with E-state index in [0.717, 1.165) is 24.0 Å². The Labute approximate surface area is 268 Å². The molecular weight excluding hydrogens is 619 g/mol. The lowest BCUT2D eigenvalue weighted by Gasteiger charge is -2.52. The molecule has 0 spiro atoms. The number of piperidine rings is 1. The third kappa shape index (κ3) is 6.22. The number of sulfonamides is 1. The smallest absolute Gasteiger partial charge is 0.304 e. The van der Waals surface area contributed by atoms with Gasteiger partial charge in [-0.2, -0.15) is 0 Å². The molecule has 2 aliphatic carbocycles. The number of carbonyl (C=O) groups is 2. The molecule has 1 N–H and O–H groups in total.